The van der Waals surface area contributed by atoms with Gasteiger partial charge in [0.25, 0.3) is 5.91 Å². The summed E-state index contributed by atoms with van der Waals surface area (Å²) in [6.07, 6.45) is 9.17. The summed E-state index contributed by atoms with van der Waals surface area (Å²) in [4.78, 5) is 32.1. The first-order chi connectivity index (χ1) is 21.4. The Hall–Kier alpha value is -2.33. The van der Waals surface area contributed by atoms with Gasteiger partial charge in [-0.15, -0.1) is 0 Å². The molecular weight excluding hydrogens is 559 g/mol. The van der Waals surface area contributed by atoms with Crippen molar-refractivity contribution < 1.29 is 23.8 Å². The van der Waals surface area contributed by atoms with E-state index in [9.17, 15) is 14.7 Å². The standard InChI is InChI=1S/C35H49FN4O4/c1-39-15-7-12-24(39)13-14-37-35(43)26-20-40-28-16-22-10-5-6-11-23(22)17-30(28)44-34-31(27(36)18-25(32(34)40)33(26)42)38-19-29(41)21-8-3-2-4-9-21/h2-4,8-9,20,22-25,27-32,34,38,41H,5-7,10-19H2,1H3,(H,37,43). The minimum absolute atomic E-state index is 0.0416. The van der Waals surface area contributed by atoms with E-state index in [2.05, 4.69) is 27.5 Å². The number of halogens is 1. The van der Waals surface area contributed by atoms with Crippen LogP contribution in [0.4, 0.5) is 4.39 Å². The summed E-state index contributed by atoms with van der Waals surface area (Å²) >= 11 is 0. The SMILES string of the molecule is CN1CCCC1CCNC(=O)C1=CN2C3CC4CCCCC4CC3OC3C(NCC(O)c4ccccc4)C(F)CC(C1=O)C32. The Morgan fingerprint density at radius 1 is 1.09 bits per heavy atom. The third-order valence-corrected chi connectivity index (χ3v) is 11.9. The van der Waals surface area contributed by atoms with Gasteiger partial charge in [0.1, 0.15) is 6.17 Å². The number of aliphatic hydroxyl groups is 1. The number of likely N-dealkylation sites (tertiary alicyclic amines) is 1. The van der Waals surface area contributed by atoms with E-state index in [1.165, 1.54) is 32.1 Å². The number of morpholine rings is 1. The van der Waals surface area contributed by atoms with Crippen LogP contribution in [-0.2, 0) is 14.3 Å². The lowest BCUT2D eigenvalue weighted by atomic mass is 9.65. The van der Waals surface area contributed by atoms with Gasteiger partial charge in [-0.3, -0.25) is 9.59 Å². The summed E-state index contributed by atoms with van der Waals surface area (Å²) in [5.41, 5.74) is 0.950. The van der Waals surface area contributed by atoms with Crippen LogP contribution in [0, 0.1) is 17.8 Å². The van der Waals surface area contributed by atoms with Crippen LogP contribution in [0.5, 0.6) is 0 Å². The van der Waals surface area contributed by atoms with E-state index < -0.39 is 30.3 Å². The molecule has 7 rings (SSSR count). The maximum atomic E-state index is 16.1. The first-order valence-electron chi connectivity index (χ1n) is 17.2. The molecule has 240 valence electrons. The molecule has 0 aromatic heterocycles. The molecule has 0 radical (unpaired) electrons. The number of aliphatic hydroxyl groups excluding tert-OH is 1. The number of carbonyl (C=O) groups excluding carboxylic acids is 2. The van der Waals surface area contributed by atoms with Gasteiger partial charge in [0.2, 0.25) is 0 Å². The lowest BCUT2D eigenvalue weighted by Crippen LogP contribution is -2.73. The number of hydrogen-bond donors (Lipinski definition) is 3. The molecule has 44 heavy (non-hydrogen) atoms. The van der Waals surface area contributed by atoms with Gasteiger partial charge in [-0.05, 0) is 69.5 Å². The van der Waals surface area contributed by atoms with E-state index >= 15 is 4.39 Å². The Kier molecular flexibility index (Phi) is 8.83. The summed E-state index contributed by atoms with van der Waals surface area (Å²) in [5, 5.41) is 17.2. The fourth-order valence-electron chi connectivity index (χ4n) is 9.53. The zero-order valence-electron chi connectivity index (χ0n) is 26.0. The third-order valence-electron chi connectivity index (χ3n) is 11.9. The van der Waals surface area contributed by atoms with Gasteiger partial charge >= 0.3 is 0 Å². The maximum Gasteiger partial charge on any atom is 0.256 e. The average Bonchev–Trinajstić information content (AvgIpc) is 3.45. The molecule has 8 nitrogen and oxygen atoms in total. The van der Waals surface area contributed by atoms with Crippen molar-refractivity contribution in [3.8, 4) is 0 Å². The molecule has 0 spiro atoms. The maximum absolute atomic E-state index is 16.1. The molecule has 1 aromatic carbocycles. The number of hydrogen-bond acceptors (Lipinski definition) is 7. The average molecular weight is 609 g/mol. The first kappa shape index (κ1) is 30.3. The summed E-state index contributed by atoms with van der Waals surface area (Å²) in [6, 6.07) is 8.95. The molecule has 5 fully saturated rings. The number of benzene rings is 1. The van der Waals surface area contributed by atoms with Crippen molar-refractivity contribution in [2.45, 2.75) is 113 Å². The van der Waals surface area contributed by atoms with Gasteiger partial charge in [-0.25, -0.2) is 4.39 Å². The molecular formula is C35H49FN4O4. The molecule has 3 aliphatic heterocycles. The number of carbonyl (C=O) groups is 2. The van der Waals surface area contributed by atoms with Crippen LogP contribution in [0.15, 0.2) is 42.1 Å². The van der Waals surface area contributed by atoms with Crippen LogP contribution in [0.2, 0.25) is 0 Å². The Labute approximate surface area is 260 Å². The zero-order valence-corrected chi connectivity index (χ0v) is 26.0. The van der Waals surface area contributed by atoms with E-state index in [0.29, 0.717) is 24.4 Å². The quantitative estimate of drug-likeness (QED) is 0.389. The van der Waals surface area contributed by atoms with E-state index in [0.717, 1.165) is 37.8 Å². The molecule has 2 saturated heterocycles. The summed E-state index contributed by atoms with van der Waals surface area (Å²) < 4.78 is 23.0. The molecule has 0 bridgehead atoms. The van der Waals surface area contributed by atoms with E-state index in [1.807, 2.05) is 36.5 Å². The summed E-state index contributed by atoms with van der Waals surface area (Å²) in [6.45, 7) is 1.80. The fraction of sp³-hybridized carbons (Fsp3) is 0.714. The Balaban J connectivity index is 1.13. The van der Waals surface area contributed by atoms with Crippen LogP contribution in [0.25, 0.3) is 0 Å². The van der Waals surface area contributed by atoms with Crippen molar-refractivity contribution in [3.05, 3.63) is 47.7 Å². The molecule has 11 unspecified atom stereocenters. The van der Waals surface area contributed by atoms with Crippen molar-refractivity contribution in [1.29, 1.82) is 0 Å². The van der Waals surface area contributed by atoms with Crippen LogP contribution in [-0.4, -0.2) is 95.8 Å². The Morgan fingerprint density at radius 2 is 1.86 bits per heavy atom. The minimum Gasteiger partial charge on any atom is -0.387 e. The molecule has 11 atom stereocenters. The van der Waals surface area contributed by atoms with Crippen molar-refractivity contribution >= 4 is 11.7 Å². The summed E-state index contributed by atoms with van der Waals surface area (Å²) in [5.74, 6) is 0.0131. The molecule has 1 aromatic rings. The number of nitrogens with one attached hydrogen (secondary N) is 2. The van der Waals surface area contributed by atoms with E-state index in [-0.39, 0.29) is 48.4 Å². The van der Waals surface area contributed by atoms with Gasteiger partial charge in [-0.1, -0.05) is 56.0 Å². The highest BCUT2D eigenvalue weighted by Crippen LogP contribution is 2.50. The number of ether oxygens (including phenoxy) is 1. The molecule has 3 saturated carbocycles. The fourth-order valence-corrected chi connectivity index (χ4v) is 9.53. The normalized spacial score (nSPS) is 39.1. The number of amides is 1. The van der Waals surface area contributed by atoms with E-state index in [4.69, 9.17) is 4.74 Å². The minimum atomic E-state index is -1.34. The second-order valence-electron chi connectivity index (χ2n) is 14.4. The number of ketones is 1. The van der Waals surface area contributed by atoms with Crippen molar-refractivity contribution in [3.63, 3.8) is 0 Å². The topological polar surface area (TPSA) is 94.1 Å². The monoisotopic (exact) mass is 608 g/mol. The highest BCUT2D eigenvalue weighted by Gasteiger charge is 2.59. The number of alkyl halides is 1. The van der Waals surface area contributed by atoms with Gasteiger partial charge < -0.3 is 30.3 Å². The summed E-state index contributed by atoms with van der Waals surface area (Å²) in [7, 11) is 2.13. The lowest BCUT2D eigenvalue weighted by molar-refractivity contribution is -0.208. The van der Waals surface area contributed by atoms with Gasteiger partial charge in [0.15, 0.2) is 5.78 Å². The largest absolute Gasteiger partial charge is 0.387 e. The highest BCUT2D eigenvalue weighted by atomic mass is 19.1. The number of Topliss-reactive ketones (excluding diaryl/α,β-unsaturated/α-hetero) is 1. The molecule has 3 N–H and O–H groups in total. The van der Waals surface area contributed by atoms with Gasteiger partial charge in [-0.2, -0.15) is 0 Å². The van der Waals surface area contributed by atoms with Crippen LogP contribution >= 0.6 is 0 Å². The van der Waals surface area contributed by atoms with Crippen molar-refractivity contribution in [2.24, 2.45) is 17.8 Å². The smallest absolute Gasteiger partial charge is 0.256 e. The number of fused-ring (bicyclic) bond motifs is 3. The predicted octanol–water partition coefficient (Wildman–Crippen LogP) is 3.51. The lowest BCUT2D eigenvalue weighted by Gasteiger charge is -2.61. The number of nitrogens with zero attached hydrogens (tertiary/aromatic N) is 2. The highest BCUT2D eigenvalue weighted by molar-refractivity contribution is 6.20. The first-order valence-corrected chi connectivity index (χ1v) is 17.2. The second kappa shape index (κ2) is 12.8. The van der Waals surface area contributed by atoms with E-state index in [1.54, 1.807) is 0 Å². The van der Waals surface area contributed by atoms with Gasteiger partial charge in [0.05, 0.1) is 42.0 Å². The molecule has 1 amide bonds. The van der Waals surface area contributed by atoms with Crippen molar-refractivity contribution in [2.75, 3.05) is 26.7 Å². The zero-order chi connectivity index (χ0) is 30.4. The van der Waals surface area contributed by atoms with Crippen LogP contribution in [0.1, 0.15) is 75.9 Å². The molecule has 6 aliphatic rings. The second-order valence-corrected chi connectivity index (χ2v) is 14.4. The third kappa shape index (κ3) is 5.74. The van der Waals surface area contributed by atoms with Crippen LogP contribution in [0.3, 0.4) is 0 Å². The Morgan fingerprint density at radius 3 is 2.61 bits per heavy atom. The van der Waals surface area contributed by atoms with Gasteiger partial charge in [0, 0.05) is 31.2 Å². The predicted molar refractivity (Wildman–Crippen MR) is 165 cm³/mol. The number of rotatable bonds is 8. The molecule has 3 heterocycles. The van der Waals surface area contributed by atoms with Crippen molar-refractivity contribution in [1.82, 2.24) is 20.4 Å². The molecule has 3 aliphatic carbocycles. The Bertz CT molecular complexity index is 1230. The van der Waals surface area contributed by atoms with Crippen LogP contribution < -0.4 is 10.6 Å². The molecule has 9 heteroatoms.